The maximum absolute atomic E-state index is 5.42. The van der Waals surface area contributed by atoms with Gasteiger partial charge in [0.15, 0.2) is 0 Å². The Balaban J connectivity index is 1.70. The Labute approximate surface area is 87.4 Å². The van der Waals surface area contributed by atoms with E-state index in [0.717, 1.165) is 31.1 Å². The predicted octanol–water partition coefficient (Wildman–Crippen LogP) is 2.19. The molecule has 0 saturated heterocycles. The van der Waals surface area contributed by atoms with Gasteiger partial charge in [-0.05, 0) is 44.9 Å². The summed E-state index contributed by atoms with van der Waals surface area (Å²) in [5.74, 6) is 2.01. The van der Waals surface area contributed by atoms with Crippen LogP contribution in [0, 0.1) is 11.8 Å². The minimum atomic E-state index is 0.527. The average Bonchev–Trinajstić information content (AvgIpc) is 2.76. The SMILES string of the molecule is CCOCC(C)NC1CC2CCC1C2. The zero-order valence-corrected chi connectivity index (χ0v) is 9.46. The third kappa shape index (κ3) is 2.29. The molecule has 2 rings (SSSR count). The van der Waals surface area contributed by atoms with Gasteiger partial charge in [-0.3, -0.25) is 0 Å². The number of hydrogen-bond donors (Lipinski definition) is 1. The van der Waals surface area contributed by atoms with Gasteiger partial charge in [0.05, 0.1) is 6.61 Å². The topological polar surface area (TPSA) is 21.3 Å². The van der Waals surface area contributed by atoms with Crippen molar-refractivity contribution < 1.29 is 4.74 Å². The Morgan fingerprint density at radius 1 is 1.36 bits per heavy atom. The van der Waals surface area contributed by atoms with E-state index in [2.05, 4.69) is 19.2 Å². The van der Waals surface area contributed by atoms with Crippen LogP contribution in [0.1, 0.15) is 39.5 Å². The van der Waals surface area contributed by atoms with Crippen molar-refractivity contribution >= 4 is 0 Å². The molecule has 0 radical (unpaired) electrons. The highest BCUT2D eigenvalue weighted by molar-refractivity contribution is 4.94. The molecule has 14 heavy (non-hydrogen) atoms. The Morgan fingerprint density at radius 2 is 2.21 bits per heavy atom. The highest BCUT2D eigenvalue weighted by atomic mass is 16.5. The number of rotatable bonds is 5. The normalized spacial score (nSPS) is 37.7. The van der Waals surface area contributed by atoms with Crippen LogP contribution in [0.2, 0.25) is 0 Å². The van der Waals surface area contributed by atoms with Gasteiger partial charge < -0.3 is 10.1 Å². The van der Waals surface area contributed by atoms with E-state index in [1.54, 1.807) is 0 Å². The monoisotopic (exact) mass is 197 g/mol. The minimum Gasteiger partial charge on any atom is -0.380 e. The maximum atomic E-state index is 5.42. The summed E-state index contributed by atoms with van der Waals surface area (Å²) >= 11 is 0. The van der Waals surface area contributed by atoms with Gasteiger partial charge in [-0.2, -0.15) is 0 Å². The van der Waals surface area contributed by atoms with Gasteiger partial charge in [0.2, 0.25) is 0 Å². The van der Waals surface area contributed by atoms with Crippen LogP contribution in [0.4, 0.5) is 0 Å². The highest BCUT2D eigenvalue weighted by Crippen LogP contribution is 2.44. The third-order valence-corrected chi connectivity index (χ3v) is 3.81. The molecule has 2 bridgehead atoms. The number of hydrogen-bond acceptors (Lipinski definition) is 2. The molecule has 0 aromatic rings. The molecule has 2 aliphatic carbocycles. The first kappa shape index (κ1) is 10.4. The van der Waals surface area contributed by atoms with Crippen molar-refractivity contribution in [2.45, 2.75) is 51.6 Å². The van der Waals surface area contributed by atoms with E-state index in [4.69, 9.17) is 4.74 Å². The number of nitrogens with one attached hydrogen (secondary N) is 1. The molecule has 1 N–H and O–H groups in total. The van der Waals surface area contributed by atoms with E-state index < -0.39 is 0 Å². The van der Waals surface area contributed by atoms with Crippen LogP contribution in [-0.2, 0) is 4.74 Å². The summed E-state index contributed by atoms with van der Waals surface area (Å²) < 4.78 is 5.42. The van der Waals surface area contributed by atoms with Crippen molar-refractivity contribution in [3.63, 3.8) is 0 Å². The van der Waals surface area contributed by atoms with Gasteiger partial charge in [0.1, 0.15) is 0 Å². The van der Waals surface area contributed by atoms with Gasteiger partial charge in [0.25, 0.3) is 0 Å². The molecule has 82 valence electrons. The zero-order valence-electron chi connectivity index (χ0n) is 9.46. The largest absolute Gasteiger partial charge is 0.380 e. The Hall–Kier alpha value is -0.0800. The first-order valence-corrected chi connectivity index (χ1v) is 6.13. The summed E-state index contributed by atoms with van der Waals surface area (Å²) in [6.07, 6.45) is 5.85. The van der Waals surface area contributed by atoms with E-state index in [-0.39, 0.29) is 0 Å². The van der Waals surface area contributed by atoms with Gasteiger partial charge in [-0.1, -0.05) is 6.42 Å². The summed E-state index contributed by atoms with van der Waals surface area (Å²) in [4.78, 5) is 0. The summed E-state index contributed by atoms with van der Waals surface area (Å²) in [6, 6.07) is 1.32. The van der Waals surface area contributed by atoms with Crippen LogP contribution in [0.5, 0.6) is 0 Å². The van der Waals surface area contributed by atoms with E-state index in [0.29, 0.717) is 6.04 Å². The summed E-state index contributed by atoms with van der Waals surface area (Å²) in [6.45, 7) is 6.00. The summed E-state index contributed by atoms with van der Waals surface area (Å²) in [5, 5.41) is 3.72. The molecule has 2 saturated carbocycles. The van der Waals surface area contributed by atoms with Gasteiger partial charge in [-0.15, -0.1) is 0 Å². The van der Waals surface area contributed by atoms with Gasteiger partial charge >= 0.3 is 0 Å². The molecule has 2 nitrogen and oxygen atoms in total. The smallest absolute Gasteiger partial charge is 0.0616 e. The zero-order chi connectivity index (χ0) is 9.97. The van der Waals surface area contributed by atoms with Gasteiger partial charge in [-0.25, -0.2) is 0 Å². The Kier molecular flexibility index (Phi) is 3.45. The molecule has 2 fully saturated rings. The first-order valence-electron chi connectivity index (χ1n) is 6.13. The van der Waals surface area contributed by atoms with Crippen molar-refractivity contribution in [1.29, 1.82) is 0 Å². The summed E-state index contributed by atoms with van der Waals surface area (Å²) in [5.41, 5.74) is 0. The van der Waals surface area contributed by atoms with Crippen molar-refractivity contribution in [3.8, 4) is 0 Å². The molecule has 2 heteroatoms. The lowest BCUT2D eigenvalue weighted by Crippen LogP contribution is -2.42. The Bertz CT molecular complexity index is 183. The van der Waals surface area contributed by atoms with Crippen LogP contribution >= 0.6 is 0 Å². The average molecular weight is 197 g/mol. The van der Waals surface area contributed by atoms with Crippen molar-refractivity contribution in [3.05, 3.63) is 0 Å². The summed E-state index contributed by atoms with van der Waals surface area (Å²) in [7, 11) is 0. The van der Waals surface area contributed by atoms with Crippen LogP contribution in [0.3, 0.4) is 0 Å². The number of ether oxygens (including phenoxy) is 1. The lowest BCUT2D eigenvalue weighted by molar-refractivity contribution is 0.119. The van der Waals surface area contributed by atoms with Crippen LogP contribution in [0.25, 0.3) is 0 Å². The third-order valence-electron chi connectivity index (χ3n) is 3.81. The second kappa shape index (κ2) is 4.63. The molecule has 0 aliphatic heterocycles. The number of fused-ring (bicyclic) bond motifs is 2. The molecule has 0 amide bonds. The molecule has 0 heterocycles. The van der Waals surface area contributed by atoms with Crippen LogP contribution < -0.4 is 5.32 Å². The molecule has 0 spiro atoms. The van der Waals surface area contributed by atoms with Crippen molar-refractivity contribution in [2.75, 3.05) is 13.2 Å². The molecule has 0 aromatic carbocycles. The molecular formula is C12H23NO. The standard InChI is InChI=1S/C12H23NO/c1-3-14-8-9(2)13-12-7-10-4-5-11(12)6-10/h9-13H,3-8H2,1-2H3. The quantitative estimate of drug-likeness (QED) is 0.729. The van der Waals surface area contributed by atoms with Crippen LogP contribution in [-0.4, -0.2) is 25.3 Å². The fourth-order valence-electron chi connectivity index (χ4n) is 3.16. The maximum Gasteiger partial charge on any atom is 0.0616 e. The lowest BCUT2D eigenvalue weighted by Gasteiger charge is -2.26. The molecule has 0 aromatic heterocycles. The fourth-order valence-corrected chi connectivity index (χ4v) is 3.16. The first-order chi connectivity index (χ1) is 6.79. The van der Waals surface area contributed by atoms with E-state index in [9.17, 15) is 0 Å². The highest BCUT2D eigenvalue weighted by Gasteiger charge is 2.39. The second-order valence-corrected chi connectivity index (χ2v) is 5.01. The minimum absolute atomic E-state index is 0.527. The Morgan fingerprint density at radius 3 is 2.79 bits per heavy atom. The fraction of sp³-hybridized carbons (Fsp3) is 1.00. The van der Waals surface area contributed by atoms with Crippen LogP contribution in [0.15, 0.2) is 0 Å². The van der Waals surface area contributed by atoms with Crippen molar-refractivity contribution in [1.82, 2.24) is 5.32 Å². The molecule has 2 aliphatic rings. The van der Waals surface area contributed by atoms with E-state index in [1.807, 2.05) is 0 Å². The van der Waals surface area contributed by atoms with E-state index >= 15 is 0 Å². The lowest BCUT2D eigenvalue weighted by atomic mass is 9.95. The molecular weight excluding hydrogens is 174 g/mol. The van der Waals surface area contributed by atoms with Crippen molar-refractivity contribution in [2.24, 2.45) is 11.8 Å². The second-order valence-electron chi connectivity index (χ2n) is 5.01. The van der Waals surface area contributed by atoms with Gasteiger partial charge in [0, 0.05) is 18.7 Å². The van der Waals surface area contributed by atoms with E-state index in [1.165, 1.54) is 25.7 Å². The molecule has 4 atom stereocenters. The molecule has 4 unspecified atom stereocenters. The predicted molar refractivity (Wildman–Crippen MR) is 58.3 cm³/mol.